The normalized spacial score (nSPS) is 10.7. The van der Waals surface area contributed by atoms with E-state index in [2.05, 4.69) is 15.4 Å². The van der Waals surface area contributed by atoms with Crippen molar-refractivity contribution < 1.29 is 5.11 Å². The number of hydrogen-bond acceptors (Lipinski definition) is 4. The van der Waals surface area contributed by atoms with Gasteiger partial charge in [-0.15, -0.1) is 0 Å². The molecule has 2 heterocycles. The average molecular weight is 236 g/mol. The van der Waals surface area contributed by atoms with Crippen molar-refractivity contribution in [2.75, 3.05) is 5.32 Å². The highest BCUT2D eigenvalue weighted by atomic mass is 16.3. The molecule has 0 saturated heterocycles. The number of nitrogens with zero attached hydrogens (tertiary/aromatic N) is 3. The molecule has 0 aliphatic rings. The SMILES string of the molecule is [B]c1cccc(Nc2ncnn3ccc(O)c23)c1. The van der Waals surface area contributed by atoms with Crippen LogP contribution in [0.2, 0.25) is 0 Å². The van der Waals surface area contributed by atoms with Gasteiger partial charge in [0.25, 0.3) is 0 Å². The molecule has 0 fully saturated rings. The summed E-state index contributed by atoms with van der Waals surface area (Å²) in [5.41, 5.74) is 1.99. The number of hydrogen-bond donors (Lipinski definition) is 2. The maximum absolute atomic E-state index is 9.76. The van der Waals surface area contributed by atoms with Crippen molar-refractivity contribution in [3.63, 3.8) is 0 Å². The van der Waals surface area contributed by atoms with E-state index >= 15 is 0 Å². The van der Waals surface area contributed by atoms with Crippen LogP contribution in [0.5, 0.6) is 5.75 Å². The van der Waals surface area contributed by atoms with Gasteiger partial charge in [-0.3, -0.25) is 0 Å². The number of benzene rings is 1. The molecule has 3 aromatic rings. The van der Waals surface area contributed by atoms with Gasteiger partial charge in [0.05, 0.1) is 0 Å². The first kappa shape index (κ1) is 10.6. The van der Waals surface area contributed by atoms with Crippen LogP contribution >= 0.6 is 0 Å². The van der Waals surface area contributed by atoms with Gasteiger partial charge in [0, 0.05) is 18.0 Å². The Kier molecular flexibility index (Phi) is 2.41. The highest BCUT2D eigenvalue weighted by molar-refractivity contribution is 6.32. The molecule has 0 saturated carbocycles. The van der Waals surface area contributed by atoms with E-state index in [0.29, 0.717) is 16.8 Å². The molecule has 0 aliphatic heterocycles. The molecule has 0 aliphatic carbocycles. The Morgan fingerprint density at radius 1 is 1.28 bits per heavy atom. The summed E-state index contributed by atoms with van der Waals surface area (Å²) in [6.45, 7) is 0. The van der Waals surface area contributed by atoms with Gasteiger partial charge in [0.2, 0.25) is 0 Å². The van der Waals surface area contributed by atoms with Crippen molar-refractivity contribution in [2.45, 2.75) is 0 Å². The van der Waals surface area contributed by atoms with E-state index in [4.69, 9.17) is 7.85 Å². The molecule has 6 heteroatoms. The topological polar surface area (TPSA) is 62.5 Å². The summed E-state index contributed by atoms with van der Waals surface area (Å²) in [4.78, 5) is 4.12. The lowest BCUT2D eigenvalue weighted by molar-refractivity contribution is 0.481. The predicted octanol–water partition coefficient (Wildman–Crippen LogP) is 0.972. The first-order valence-corrected chi connectivity index (χ1v) is 5.38. The van der Waals surface area contributed by atoms with Gasteiger partial charge >= 0.3 is 0 Å². The Hall–Kier alpha value is -2.50. The van der Waals surface area contributed by atoms with E-state index < -0.39 is 0 Å². The van der Waals surface area contributed by atoms with Gasteiger partial charge in [-0.05, 0) is 12.1 Å². The van der Waals surface area contributed by atoms with Crippen molar-refractivity contribution in [1.82, 2.24) is 14.6 Å². The summed E-state index contributed by atoms with van der Waals surface area (Å²) >= 11 is 0. The van der Waals surface area contributed by atoms with Crippen LogP contribution in [0.1, 0.15) is 0 Å². The lowest BCUT2D eigenvalue weighted by atomic mass is 9.96. The minimum Gasteiger partial charge on any atom is -0.505 e. The predicted molar refractivity (Wildman–Crippen MR) is 69.8 cm³/mol. The molecule has 0 spiro atoms. The Balaban J connectivity index is 2.07. The van der Waals surface area contributed by atoms with E-state index in [1.807, 2.05) is 12.1 Å². The fraction of sp³-hybridized carbons (Fsp3) is 0. The zero-order valence-electron chi connectivity index (χ0n) is 9.41. The summed E-state index contributed by atoms with van der Waals surface area (Å²) in [6, 6.07) is 8.87. The van der Waals surface area contributed by atoms with Crippen LogP contribution in [0.3, 0.4) is 0 Å². The average Bonchev–Trinajstić information content (AvgIpc) is 2.72. The maximum Gasteiger partial charge on any atom is 0.162 e. The first-order chi connectivity index (χ1) is 8.74. The number of anilines is 2. The zero-order chi connectivity index (χ0) is 12.5. The largest absolute Gasteiger partial charge is 0.505 e. The molecule has 0 unspecified atom stereocenters. The molecule has 1 aromatic carbocycles. The quantitative estimate of drug-likeness (QED) is 0.651. The number of aromatic hydroxyl groups is 1. The molecule has 0 amide bonds. The van der Waals surface area contributed by atoms with Gasteiger partial charge in [-0.1, -0.05) is 17.6 Å². The number of fused-ring (bicyclic) bond motifs is 1. The van der Waals surface area contributed by atoms with Gasteiger partial charge < -0.3 is 10.4 Å². The van der Waals surface area contributed by atoms with E-state index in [9.17, 15) is 5.11 Å². The van der Waals surface area contributed by atoms with Crippen LogP contribution in [-0.4, -0.2) is 27.6 Å². The lowest BCUT2D eigenvalue weighted by Crippen LogP contribution is -2.04. The van der Waals surface area contributed by atoms with Crippen molar-refractivity contribution in [3.8, 4) is 5.75 Å². The molecular formula is C12H9BN4O. The smallest absolute Gasteiger partial charge is 0.162 e. The van der Waals surface area contributed by atoms with Crippen LogP contribution in [0.4, 0.5) is 11.5 Å². The van der Waals surface area contributed by atoms with E-state index in [1.54, 1.807) is 28.9 Å². The van der Waals surface area contributed by atoms with Gasteiger partial charge in [-0.25, -0.2) is 9.50 Å². The van der Waals surface area contributed by atoms with E-state index in [0.717, 1.165) is 5.69 Å². The Bertz CT molecular complexity index is 710. The molecule has 0 atom stereocenters. The molecule has 2 aromatic heterocycles. The van der Waals surface area contributed by atoms with Crippen molar-refractivity contribution >= 4 is 30.3 Å². The third-order valence-corrected chi connectivity index (χ3v) is 2.58. The molecule has 5 nitrogen and oxygen atoms in total. The Labute approximate surface area is 105 Å². The minimum absolute atomic E-state index is 0.127. The van der Waals surface area contributed by atoms with Crippen LogP contribution in [0.25, 0.3) is 5.52 Å². The fourth-order valence-corrected chi connectivity index (χ4v) is 1.78. The second kappa shape index (κ2) is 4.07. The highest BCUT2D eigenvalue weighted by Crippen LogP contribution is 2.26. The molecule has 86 valence electrons. The summed E-state index contributed by atoms with van der Waals surface area (Å²) in [5.74, 6) is 0.653. The molecule has 0 bridgehead atoms. The second-order valence-corrected chi connectivity index (χ2v) is 3.85. The van der Waals surface area contributed by atoms with E-state index in [-0.39, 0.29) is 5.75 Å². The van der Waals surface area contributed by atoms with Gasteiger partial charge in [0.1, 0.15) is 25.4 Å². The van der Waals surface area contributed by atoms with Crippen LogP contribution in [0.15, 0.2) is 42.9 Å². The van der Waals surface area contributed by atoms with Crippen LogP contribution in [-0.2, 0) is 0 Å². The standard InChI is InChI=1S/C12H9BN4O/c13-8-2-1-3-9(6-8)16-12-11-10(18)4-5-17(11)15-7-14-12/h1-7,18H,(H,14,15,16). The minimum atomic E-state index is 0.127. The molecular weight excluding hydrogens is 227 g/mol. The molecule has 2 radical (unpaired) electrons. The van der Waals surface area contributed by atoms with Gasteiger partial charge in [0.15, 0.2) is 5.82 Å². The van der Waals surface area contributed by atoms with E-state index in [1.165, 1.54) is 6.33 Å². The van der Waals surface area contributed by atoms with Crippen molar-refractivity contribution in [2.24, 2.45) is 0 Å². The monoisotopic (exact) mass is 236 g/mol. The fourth-order valence-electron chi connectivity index (χ4n) is 1.78. The number of aromatic nitrogens is 3. The first-order valence-electron chi connectivity index (χ1n) is 5.38. The summed E-state index contributed by atoms with van der Waals surface area (Å²) < 4.78 is 1.55. The summed E-state index contributed by atoms with van der Waals surface area (Å²) in [7, 11) is 5.71. The number of rotatable bonds is 2. The van der Waals surface area contributed by atoms with Crippen molar-refractivity contribution in [1.29, 1.82) is 0 Å². The summed E-state index contributed by atoms with van der Waals surface area (Å²) in [5, 5.41) is 16.9. The van der Waals surface area contributed by atoms with Crippen LogP contribution in [0, 0.1) is 0 Å². The maximum atomic E-state index is 9.76. The Morgan fingerprint density at radius 2 is 2.17 bits per heavy atom. The molecule has 3 rings (SSSR count). The third-order valence-electron chi connectivity index (χ3n) is 2.58. The summed E-state index contributed by atoms with van der Waals surface area (Å²) in [6.07, 6.45) is 3.08. The highest BCUT2D eigenvalue weighted by Gasteiger charge is 2.08. The molecule has 18 heavy (non-hydrogen) atoms. The third kappa shape index (κ3) is 1.77. The zero-order valence-corrected chi connectivity index (χ0v) is 9.41. The molecule has 2 N–H and O–H groups in total. The van der Waals surface area contributed by atoms with Gasteiger partial charge in [-0.2, -0.15) is 5.10 Å². The van der Waals surface area contributed by atoms with Crippen LogP contribution < -0.4 is 10.8 Å². The number of nitrogens with one attached hydrogen (secondary N) is 1. The second-order valence-electron chi connectivity index (χ2n) is 3.85. The van der Waals surface area contributed by atoms with Crippen molar-refractivity contribution in [3.05, 3.63) is 42.9 Å². The Morgan fingerprint density at radius 3 is 3.00 bits per heavy atom. The lowest BCUT2D eigenvalue weighted by Gasteiger charge is -2.07.